The molecular formula is C14H19BrO2. The molecule has 1 aromatic carbocycles. The van der Waals surface area contributed by atoms with Crippen molar-refractivity contribution < 1.29 is 9.53 Å². The van der Waals surface area contributed by atoms with Crippen LogP contribution in [-0.2, 0) is 9.53 Å². The van der Waals surface area contributed by atoms with Gasteiger partial charge in [0.1, 0.15) is 0 Å². The molecular weight excluding hydrogens is 280 g/mol. The summed E-state index contributed by atoms with van der Waals surface area (Å²) in [4.78, 5) is 12.0. The number of rotatable bonds is 5. The molecule has 1 atom stereocenters. The van der Waals surface area contributed by atoms with Crippen molar-refractivity contribution in [2.24, 2.45) is 0 Å². The third kappa shape index (κ3) is 4.90. The molecule has 1 aromatic rings. The Labute approximate surface area is 111 Å². The highest BCUT2D eigenvalue weighted by molar-refractivity contribution is 9.10. The van der Waals surface area contributed by atoms with Gasteiger partial charge in [0.15, 0.2) is 0 Å². The van der Waals surface area contributed by atoms with Gasteiger partial charge < -0.3 is 4.74 Å². The van der Waals surface area contributed by atoms with E-state index in [0.29, 0.717) is 6.61 Å². The van der Waals surface area contributed by atoms with Crippen molar-refractivity contribution in [1.29, 1.82) is 0 Å². The first-order valence-corrected chi connectivity index (χ1v) is 6.64. The Kier molecular flexibility index (Phi) is 5.19. The normalized spacial score (nSPS) is 13.2. The third-order valence-electron chi connectivity index (χ3n) is 2.46. The van der Waals surface area contributed by atoms with Crippen LogP contribution in [0.4, 0.5) is 0 Å². The molecule has 0 heterocycles. The van der Waals surface area contributed by atoms with Crippen molar-refractivity contribution in [3.05, 3.63) is 35.9 Å². The fraction of sp³-hybridized carbons (Fsp3) is 0.500. The maximum Gasteiger partial charge on any atom is 0.313 e. The number of esters is 1. The lowest BCUT2D eigenvalue weighted by atomic mass is 9.90. The first kappa shape index (κ1) is 14.2. The summed E-state index contributed by atoms with van der Waals surface area (Å²) in [6.07, 6.45) is 0.718. The van der Waals surface area contributed by atoms with Crippen molar-refractivity contribution >= 4 is 21.9 Å². The van der Waals surface area contributed by atoms with Gasteiger partial charge in [-0.1, -0.05) is 60.1 Å². The van der Waals surface area contributed by atoms with E-state index in [1.807, 2.05) is 37.3 Å². The highest BCUT2D eigenvalue weighted by atomic mass is 79.9. The predicted octanol–water partition coefficient (Wildman–Crippen LogP) is 3.90. The van der Waals surface area contributed by atoms with E-state index >= 15 is 0 Å². The van der Waals surface area contributed by atoms with E-state index in [9.17, 15) is 4.79 Å². The molecule has 1 rings (SSSR count). The van der Waals surface area contributed by atoms with Crippen LogP contribution in [0.5, 0.6) is 0 Å². The van der Waals surface area contributed by atoms with Crippen LogP contribution >= 0.6 is 15.9 Å². The van der Waals surface area contributed by atoms with E-state index in [4.69, 9.17) is 4.74 Å². The molecule has 0 saturated heterocycles. The number of ether oxygens (including phenoxy) is 1. The Hall–Kier alpha value is -0.830. The zero-order chi connectivity index (χ0) is 12.9. The monoisotopic (exact) mass is 298 g/mol. The van der Waals surface area contributed by atoms with Gasteiger partial charge in [0.25, 0.3) is 0 Å². The number of hydrogen-bond acceptors (Lipinski definition) is 2. The van der Waals surface area contributed by atoms with Gasteiger partial charge >= 0.3 is 5.97 Å². The summed E-state index contributed by atoms with van der Waals surface area (Å²) < 4.78 is 5.06. The lowest BCUT2D eigenvalue weighted by Gasteiger charge is -2.23. The predicted molar refractivity (Wildman–Crippen MR) is 73.4 cm³/mol. The smallest absolute Gasteiger partial charge is 0.313 e. The SMILES string of the molecule is CCOC(=O)C(CC(C)(C)Br)c1ccccc1. The van der Waals surface area contributed by atoms with Gasteiger partial charge in [0.05, 0.1) is 12.5 Å². The Balaban J connectivity index is 2.91. The number of alkyl halides is 1. The second-order valence-corrected chi connectivity index (χ2v) is 6.78. The van der Waals surface area contributed by atoms with E-state index in [2.05, 4.69) is 29.8 Å². The minimum Gasteiger partial charge on any atom is -0.466 e. The summed E-state index contributed by atoms with van der Waals surface area (Å²) in [6.45, 7) is 6.37. The second kappa shape index (κ2) is 6.20. The van der Waals surface area contributed by atoms with Crippen molar-refractivity contribution in [2.45, 2.75) is 37.4 Å². The van der Waals surface area contributed by atoms with Gasteiger partial charge in [-0.2, -0.15) is 0 Å². The molecule has 0 bridgehead atoms. The summed E-state index contributed by atoms with van der Waals surface area (Å²) in [5.41, 5.74) is 1.01. The van der Waals surface area contributed by atoms with Crippen LogP contribution in [0.15, 0.2) is 30.3 Å². The number of halogens is 1. The highest BCUT2D eigenvalue weighted by Gasteiger charge is 2.28. The van der Waals surface area contributed by atoms with Gasteiger partial charge in [0, 0.05) is 4.32 Å². The Morgan fingerprint density at radius 3 is 2.41 bits per heavy atom. The molecule has 2 nitrogen and oxygen atoms in total. The van der Waals surface area contributed by atoms with E-state index in [1.165, 1.54) is 0 Å². The fourth-order valence-corrected chi connectivity index (χ4v) is 2.07. The first-order chi connectivity index (χ1) is 7.94. The van der Waals surface area contributed by atoms with E-state index in [-0.39, 0.29) is 16.2 Å². The molecule has 0 radical (unpaired) electrons. The summed E-state index contributed by atoms with van der Waals surface area (Å²) in [5, 5.41) is 0. The van der Waals surface area contributed by atoms with Crippen LogP contribution in [-0.4, -0.2) is 16.9 Å². The lowest BCUT2D eigenvalue weighted by Crippen LogP contribution is -2.23. The maximum absolute atomic E-state index is 12.0. The minimum absolute atomic E-state index is 0.0831. The Morgan fingerprint density at radius 2 is 1.94 bits per heavy atom. The van der Waals surface area contributed by atoms with Crippen LogP contribution < -0.4 is 0 Å². The zero-order valence-electron chi connectivity index (χ0n) is 10.6. The average Bonchev–Trinajstić information content (AvgIpc) is 2.26. The molecule has 0 aliphatic carbocycles. The summed E-state index contributed by atoms with van der Waals surface area (Å²) >= 11 is 3.59. The second-order valence-electron chi connectivity index (χ2n) is 4.64. The molecule has 0 spiro atoms. The van der Waals surface area contributed by atoms with Gasteiger partial charge in [-0.05, 0) is 18.9 Å². The Bertz CT molecular complexity index is 354. The van der Waals surface area contributed by atoms with Crippen molar-refractivity contribution in [2.75, 3.05) is 6.61 Å². The molecule has 1 unspecified atom stereocenters. The minimum atomic E-state index is -0.203. The van der Waals surface area contributed by atoms with Crippen LogP contribution in [0.25, 0.3) is 0 Å². The molecule has 3 heteroatoms. The number of benzene rings is 1. The van der Waals surface area contributed by atoms with E-state index in [1.54, 1.807) is 0 Å². The van der Waals surface area contributed by atoms with Crippen molar-refractivity contribution in [1.82, 2.24) is 0 Å². The third-order valence-corrected chi connectivity index (χ3v) is 2.79. The molecule has 0 saturated carbocycles. The zero-order valence-corrected chi connectivity index (χ0v) is 12.2. The number of carbonyl (C=O) groups is 1. The van der Waals surface area contributed by atoms with E-state index < -0.39 is 0 Å². The molecule has 0 aliphatic heterocycles. The number of hydrogen-bond donors (Lipinski definition) is 0. The van der Waals surface area contributed by atoms with Crippen LogP contribution in [0, 0.1) is 0 Å². The molecule has 0 amide bonds. The average molecular weight is 299 g/mol. The molecule has 0 aromatic heterocycles. The molecule has 0 aliphatic rings. The van der Waals surface area contributed by atoms with Crippen molar-refractivity contribution in [3.63, 3.8) is 0 Å². The summed E-state index contributed by atoms with van der Waals surface area (Å²) in [6, 6.07) is 9.79. The lowest BCUT2D eigenvalue weighted by molar-refractivity contribution is -0.145. The fourth-order valence-electron chi connectivity index (χ4n) is 1.75. The van der Waals surface area contributed by atoms with Crippen LogP contribution in [0.3, 0.4) is 0 Å². The van der Waals surface area contributed by atoms with Crippen LogP contribution in [0.2, 0.25) is 0 Å². The molecule has 0 fully saturated rings. The van der Waals surface area contributed by atoms with E-state index in [0.717, 1.165) is 12.0 Å². The quantitative estimate of drug-likeness (QED) is 0.609. The van der Waals surface area contributed by atoms with Gasteiger partial charge in [0.2, 0.25) is 0 Å². The maximum atomic E-state index is 12.0. The van der Waals surface area contributed by atoms with Crippen LogP contribution in [0.1, 0.15) is 38.7 Å². The molecule has 0 N–H and O–H groups in total. The highest BCUT2D eigenvalue weighted by Crippen LogP contribution is 2.32. The van der Waals surface area contributed by atoms with Crippen molar-refractivity contribution in [3.8, 4) is 0 Å². The number of carbonyl (C=O) groups excluding carboxylic acids is 1. The summed E-state index contributed by atoms with van der Waals surface area (Å²) in [5.74, 6) is -0.350. The van der Waals surface area contributed by atoms with Gasteiger partial charge in [-0.3, -0.25) is 4.79 Å². The van der Waals surface area contributed by atoms with Gasteiger partial charge in [-0.25, -0.2) is 0 Å². The summed E-state index contributed by atoms with van der Waals surface area (Å²) in [7, 11) is 0. The first-order valence-electron chi connectivity index (χ1n) is 5.84. The molecule has 17 heavy (non-hydrogen) atoms. The standard InChI is InChI=1S/C14H19BrO2/c1-4-17-13(16)12(10-14(2,3)15)11-8-6-5-7-9-11/h5-9,12H,4,10H2,1-3H3. The molecule has 94 valence electrons. The Morgan fingerprint density at radius 1 is 1.35 bits per heavy atom. The topological polar surface area (TPSA) is 26.3 Å². The van der Waals surface area contributed by atoms with Gasteiger partial charge in [-0.15, -0.1) is 0 Å². The largest absolute Gasteiger partial charge is 0.466 e.